The standard InChI is InChI=1S/C2H4O2S.Y/c1-5(2,3)4;/h1-2H2;/q-2;. The predicted octanol–water partition coefficient (Wildman–Crippen LogP) is -0.0181. The number of sulfone groups is 1. The Kier molecular flexibility index (Phi) is 5.24. The number of hydrogen-bond donors (Lipinski definition) is 0. The van der Waals surface area contributed by atoms with Gasteiger partial charge in [-0.15, -0.1) is 9.84 Å². The van der Waals surface area contributed by atoms with Gasteiger partial charge in [-0.2, -0.15) is 0 Å². The Bertz CT molecular complexity index is 94.7. The summed E-state index contributed by atoms with van der Waals surface area (Å²) in [7, 11) is -3.17. The van der Waals surface area contributed by atoms with Crippen LogP contribution in [0.5, 0.6) is 0 Å². The van der Waals surface area contributed by atoms with Crippen molar-refractivity contribution in [2.24, 2.45) is 0 Å². The van der Waals surface area contributed by atoms with Crippen molar-refractivity contribution in [2.75, 3.05) is 0 Å². The molecule has 0 N–H and O–H groups in total. The third kappa shape index (κ3) is 74.8. The average Bonchev–Trinajstić information content (AvgIpc) is 0.722. The van der Waals surface area contributed by atoms with Gasteiger partial charge in [0, 0.05) is 32.7 Å². The summed E-state index contributed by atoms with van der Waals surface area (Å²) >= 11 is 0. The number of hydrogen-bond acceptors (Lipinski definition) is 2. The molecular weight excluding hydrogens is 177 g/mol. The van der Waals surface area contributed by atoms with E-state index < -0.39 is 9.84 Å². The van der Waals surface area contributed by atoms with Gasteiger partial charge in [-0.25, -0.2) is 0 Å². The summed E-state index contributed by atoms with van der Waals surface area (Å²) in [6.45, 7) is 0. The molecule has 0 bridgehead atoms. The zero-order valence-corrected chi connectivity index (χ0v) is 6.87. The second kappa shape index (κ2) is 3.11. The van der Waals surface area contributed by atoms with Gasteiger partial charge in [0.2, 0.25) is 0 Å². The molecule has 35 valence electrons. The van der Waals surface area contributed by atoms with Gasteiger partial charge in [0.05, 0.1) is 0 Å². The normalized spacial score (nSPS) is 9.67. The molecule has 0 fully saturated rings. The Morgan fingerprint density at radius 2 is 1.17 bits per heavy atom. The third-order valence-corrected chi connectivity index (χ3v) is 0. The van der Waals surface area contributed by atoms with Crippen LogP contribution >= 0.6 is 0 Å². The van der Waals surface area contributed by atoms with Crippen LogP contribution in [-0.4, -0.2) is 8.42 Å². The smallest absolute Gasteiger partial charge is 0 e. The van der Waals surface area contributed by atoms with Crippen LogP contribution in [0.15, 0.2) is 0 Å². The SMILES string of the molecule is [CH2-]S([CH2-])(=O)=O.[Y]. The van der Waals surface area contributed by atoms with Gasteiger partial charge in [-0.3, -0.25) is 20.9 Å². The fraction of sp³-hybridized carbons (Fsp3) is 0. The second-order valence-electron chi connectivity index (χ2n) is 0.744. The minimum atomic E-state index is -3.17. The maximum Gasteiger partial charge on any atom is 0 e. The minimum absolute atomic E-state index is 0. The zero-order chi connectivity index (χ0) is 4.50. The first-order valence-corrected chi connectivity index (χ1v) is 2.73. The van der Waals surface area contributed by atoms with Crippen LogP contribution in [0.4, 0.5) is 0 Å². The molecule has 0 atom stereocenters. The van der Waals surface area contributed by atoms with E-state index in [1.54, 1.807) is 0 Å². The Balaban J connectivity index is 0. The van der Waals surface area contributed by atoms with Crippen LogP contribution in [0, 0.1) is 12.5 Å². The van der Waals surface area contributed by atoms with Crippen LogP contribution in [0.1, 0.15) is 0 Å². The summed E-state index contributed by atoms with van der Waals surface area (Å²) in [5, 5.41) is 0. The largest absolute Gasteiger partial charge is 0.295 e. The van der Waals surface area contributed by atoms with Crippen molar-refractivity contribution >= 4 is 9.84 Å². The quantitative estimate of drug-likeness (QED) is 0.492. The minimum Gasteiger partial charge on any atom is -0.295 e. The predicted molar refractivity (Wildman–Crippen MR) is 19.6 cm³/mol. The van der Waals surface area contributed by atoms with Gasteiger partial charge in [-0.05, 0) is 0 Å². The molecule has 6 heavy (non-hydrogen) atoms. The van der Waals surface area contributed by atoms with Gasteiger partial charge < -0.3 is 0 Å². The molecule has 0 spiro atoms. The van der Waals surface area contributed by atoms with Crippen molar-refractivity contribution in [2.45, 2.75) is 0 Å². The first kappa shape index (κ1) is 10.1. The maximum absolute atomic E-state index is 9.41. The molecule has 0 aliphatic carbocycles. The molecule has 0 heterocycles. The Hall–Kier alpha value is 1.05. The van der Waals surface area contributed by atoms with Gasteiger partial charge in [0.15, 0.2) is 0 Å². The van der Waals surface area contributed by atoms with E-state index in [9.17, 15) is 8.42 Å². The van der Waals surface area contributed by atoms with Crippen LogP contribution < -0.4 is 0 Å². The Morgan fingerprint density at radius 1 is 1.17 bits per heavy atom. The molecule has 0 unspecified atom stereocenters. The van der Waals surface area contributed by atoms with E-state index in [4.69, 9.17) is 0 Å². The third-order valence-electron chi connectivity index (χ3n) is 0. The molecule has 0 aromatic carbocycles. The fourth-order valence-corrected chi connectivity index (χ4v) is 0. The van der Waals surface area contributed by atoms with E-state index in [0.29, 0.717) is 0 Å². The van der Waals surface area contributed by atoms with Crippen molar-refractivity contribution < 1.29 is 41.1 Å². The fourth-order valence-electron chi connectivity index (χ4n) is 0. The zero-order valence-electron chi connectivity index (χ0n) is 3.22. The molecule has 0 saturated carbocycles. The van der Waals surface area contributed by atoms with Crippen molar-refractivity contribution in [3.63, 3.8) is 0 Å². The molecule has 0 aromatic rings. The van der Waals surface area contributed by atoms with Crippen molar-refractivity contribution in [3.05, 3.63) is 12.5 Å². The summed E-state index contributed by atoms with van der Waals surface area (Å²) < 4.78 is 18.8. The molecule has 1 radical (unpaired) electrons. The van der Waals surface area contributed by atoms with Gasteiger partial charge in [0.1, 0.15) is 0 Å². The van der Waals surface area contributed by atoms with Crippen LogP contribution in [-0.2, 0) is 42.5 Å². The van der Waals surface area contributed by atoms with Gasteiger partial charge in [-0.1, -0.05) is 0 Å². The number of rotatable bonds is 0. The van der Waals surface area contributed by atoms with E-state index in [1.807, 2.05) is 0 Å². The molecule has 0 aliphatic heterocycles. The molecule has 0 aliphatic rings. The van der Waals surface area contributed by atoms with Crippen LogP contribution in [0.2, 0.25) is 0 Å². The van der Waals surface area contributed by atoms with Gasteiger partial charge in [0.25, 0.3) is 0 Å². The molecule has 0 aromatic heterocycles. The molecule has 0 saturated heterocycles. The van der Waals surface area contributed by atoms with E-state index in [-0.39, 0.29) is 32.7 Å². The summed E-state index contributed by atoms with van der Waals surface area (Å²) in [4.78, 5) is 0. The van der Waals surface area contributed by atoms with Gasteiger partial charge >= 0.3 is 0 Å². The van der Waals surface area contributed by atoms with E-state index in [2.05, 4.69) is 12.5 Å². The van der Waals surface area contributed by atoms with Crippen molar-refractivity contribution in [1.29, 1.82) is 0 Å². The second-order valence-corrected chi connectivity index (χ2v) is 2.23. The summed E-state index contributed by atoms with van der Waals surface area (Å²) in [6.07, 6.45) is 5.26. The molecule has 4 heteroatoms. The summed E-state index contributed by atoms with van der Waals surface area (Å²) in [6, 6.07) is 0. The summed E-state index contributed by atoms with van der Waals surface area (Å²) in [5.41, 5.74) is 0. The van der Waals surface area contributed by atoms with Crippen molar-refractivity contribution in [3.8, 4) is 0 Å². The van der Waals surface area contributed by atoms with Crippen LogP contribution in [0.25, 0.3) is 0 Å². The van der Waals surface area contributed by atoms with Crippen molar-refractivity contribution in [1.82, 2.24) is 0 Å². The average molecular weight is 181 g/mol. The molecule has 0 amide bonds. The first-order valence-electron chi connectivity index (χ1n) is 0.911. The molecule has 2 nitrogen and oxygen atoms in total. The first-order chi connectivity index (χ1) is 2.00. The van der Waals surface area contributed by atoms with E-state index >= 15 is 0 Å². The van der Waals surface area contributed by atoms with E-state index in [1.165, 1.54) is 0 Å². The topological polar surface area (TPSA) is 34.1 Å². The maximum atomic E-state index is 9.41. The van der Waals surface area contributed by atoms with Crippen LogP contribution in [0.3, 0.4) is 0 Å². The molecular formula is C2H4O2SY-2. The summed E-state index contributed by atoms with van der Waals surface area (Å²) in [5.74, 6) is 0. The van der Waals surface area contributed by atoms with E-state index in [0.717, 1.165) is 0 Å². The Morgan fingerprint density at radius 3 is 1.17 bits per heavy atom. The Labute approximate surface area is 63.1 Å². The monoisotopic (exact) mass is 181 g/mol. The molecule has 0 rings (SSSR count).